The maximum atomic E-state index is 5.99. The molecule has 4 N–H and O–H groups in total. The Morgan fingerprint density at radius 1 is 1.13 bits per heavy atom. The molecule has 0 saturated heterocycles. The third-order valence-corrected chi connectivity index (χ3v) is 2.38. The number of ether oxygens (including phenoxy) is 1. The van der Waals surface area contributed by atoms with Crippen LogP contribution in [0.3, 0.4) is 0 Å². The van der Waals surface area contributed by atoms with Crippen LogP contribution in [0.2, 0.25) is 0 Å². The van der Waals surface area contributed by atoms with Crippen molar-refractivity contribution in [3.8, 4) is 5.75 Å². The van der Waals surface area contributed by atoms with Gasteiger partial charge >= 0.3 is 0 Å². The highest BCUT2D eigenvalue weighted by Gasteiger charge is 2.07. The number of rotatable bonds is 2. The number of nitrogen functional groups attached to an aromatic ring is 2. The van der Waals surface area contributed by atoms with Crippen molar-refractivity contribution in [3.63, 3.8) is 0 Å². The van der Waals surface area contributed by atoms with Crippen LogP contribution in [0.4, 0.5) is 11.4 Å². The molecule has 0 atom stereocenters. The molecule has 0 aromatic heterocycles. The van der Waals surface area contributed by atoms with E-state index in [1.54, 1.807) is 6.07 Å². The second kappa shape index (κ2) is 3.69. The predicted octanol–water partition coefficient (Wildman–Crippen LogP) is 2.40. The minimum atomic E-state index is 0.585. The van der Waals surface area contributed by atoms with Gasteiger partial charge in [-0.05, 0) is 6.92 Å². The van der Waals surface area contributed by atoms with E-state index in [2.05, 4.69) is 0 Å². The average Bonchev–Trinajstić information content (AvgIpc) is 2.26. The minimum absolute atomic E-state index is 0.585. The number of fused-ring (bicyclic) bond motifs is 1. The van der Waals surface area contributed by atoms with Gasteiger partial charge in [-0.25, -0.2) is 0 Å². The van der Waals surface area contributed by atoms with Crippen molar-refractivity contribution in [3.05, 3.63) is 30.3 Å². The van der Waals surface area contributed by atoms with E-state index in [4.69, 9.17) is 16.2 Å². The second-order valence-corrected chi connectivity index (χ2v) is 3.36. The molecule has 0 aliphatic heterocycles. The summed E-state index contributed by atoms with van der Waals surface area (Å²) in [4.78, 5) is 0. The fraction of sp³-hybridized carbons (Fsp3) is 0.167. The van der Waals surface area contributed by atoms with E-state index in [-0.39, 0.29) is 0 Å². The Morgan fingerprint density at radius 3 is 2.47 bits per heavy atom. The average molecular weight is 202 g/mol. The zero-order chi connectivity index (χ0) is 10.8. The number of nitrogens with two attached hydrogens (primary N) is 2. The van der Waals surface area contributed by atoms with Crippen LogP contribution in [0.1, 0.15) is 6.92 Å². The topological polar surface area (TPSA) is 61.3 Å². The van der Waals surface area contributed by atoms with Gasteiger partial charge in [0.25, 0.3) is 0 Å². The molecule has 0 bridgehead atoms. The third-order valence-electron chi connectivity index (χ3n) is 2.38. The van der Waals surface area contributed by atoms with Gasteiger partial charge in [-0.2, -0.15) is 0 Å². The Hall–Kier alpha value is -1.90. The Bertz CT molecular complexity index is 494. The highest BCUT2D eigenvalue weighted by Crippen LogP contribution is 2.34. The molecule has 2 aromatic carbocycles. The first-order chi connectivity index (χ1) is 7.24. The molecule has 0 fully saturated rings. The first kappa shape index (κ1) is 9.65. The SMILES string of the molecule is CCOc1cc(N)c2ccccc2c1N. The second-order valence-electron chi connectivity index (χ2n) is 3.36. The lowest BCUT2D eigenvalue weighted by atomic mass is 10.1. The molecule has 0 radical (unpaired) electrons. The van der Waals surface area contributed by atoms with Gasteiger partial charge in [0.2, 0.25) is 0 Å². The highest BCUT2D eigenvalue weighted by atomic mass is 16.5. The zero-order valence-corrected chi connectivity index (χ0v) is 8.66. The standard InChI is InChI=1S/C12H14N2O/c1-2-15-11-7-10(13)8-5-3-4-6-9(8)12(11)14/h3-7H,2,13-14H2,1H3. The summed E-state index contributed by atoms with van der Waals surface area (Å²) < 4.78 is 5.42. The van der Waals surface area contributed by atoms with Gasteiger partial charge in [-0.3, -0.25) is 0 Å². The van der Waals surface area contributed by atoms with Gasteiger partial charge < -0.3 is 16.2 Å². The molecule has 3 heteroatoms. The monoisotopic (exact) mass is 202 g/mol. The number of anilines is 2. The van der Waals surface area contributed by atoms with Gasteiger partial charge in [0.05, 0.1) is 12.3 Å². The van der Waals surface area contributed by atoms with Crippen molar-refractivity contribution < 1.29 is 4.74 Å². The Labute approximate surface area is 88.6 Å². The molecule has 0 amide bonds. The lowest BCUT2D eigenvalue weighted by Crippen LogP contribution is -1.99. The molecular weight excluding hydrogens is 188 g/mol. The van der Waals surface area contributed by atoms with E-state index in [1.165, 1.54) is 0 Å². The Morgan fingerprint density at radius 2 is 1.80 bits per heavy atom. The summed E-state index contributed by atoms with van der Waals surface area (Å²) in [5.41, 5.74) is 13.3. The molecule has 2 rings (SSSR count). The maximum Gasteiger partial charge on any atom is 0.144 e. The van der Waals surface area contributed by atoms with Crippen molar-refractivity contribution >= 4 is 22.1 Å². The largest absolute Gasteiger partial charge is 0.492 e. The van der Waals surface area contributed by atoms with Crippen molar-refractivity contribution in [2.24, 2.45) is 0 Å². The summed E-state index contributed by atoms with van der Waals surface area (Å²) in [6.45, 7) is 2.51. The van der Waals surface area contributed by atoms with Crippen molar-refractivity contribution in [2.75, 3.05) is 18.1 Å². The van der Waals surface area contributed by atoms with Crippen molar-refractivity contribution in [1.29, 1.82) is 0 Å². The van der Waals surface area contributed by atoms with Crippen molar-refractivity contribution in [1.82, 2.24) is 0 Å². The molecule has 0 heterocycles. The van der Waals surface area contributed by atoms with E-state index >= 15 is 0 Å². The minimum Gasteiger partial charge on any atom is -0.492 e. The van der Waals surface area contributed by atoms with Gasteiger partial charge in [-0.15, -0.1) is 0 Å². The molecule has 0 aliphatic rings. The van der Waals surface area contributed by atoms with E-state index in [0.29, 0.717) is 23.7 Å². The van der Waals surface area contributed by atoms with Gasteiger partial charge in [0.1, 0.15) is 5.75 Å². The van der Waals surface area contributed by atoms with E-state index in [0.717, 1.165) is 10.8 Å². The van der Waals surface area contributed by atoms with Gasteiger partial charge in [-0.1, -0.05) is 24.3 Å². The lowest BCUT2D eigenvalue weighted by Gasteiger charge is -2.11. The van der Waals surface area contributed by atoms with Gasteiger partial charge in [0, 0.05) is 22.5 Å². The lowest BCUT2D eigenvalue weighted by molar-refractivity contribution is 0.342. The molecule has 2 aromatic rings. The summed E-state index contributed by atoms with van der Waals surface area (Å²) in [6, 6.07) is 9.56. The van der Waals surface area contributed by atoms with Crippen LogP contribution in [-0.2, 0) is 0 Å². The quantitative estimate of drug-likeness (QED) is 0.735. The van der Waals surface area contributed by atoms with Crippen LogP contribution < -0.4 is 16.2 Å². The smallest absolute Gasteiger partial charge is 0.144 e. The molecule has 0 unspecified atom stereocenters. The summed E-state index contributed by atoms with van der Waals surface area (Å²) >= 11 is 0. The van der Waals surface area contributed by atoms with Crippen LogP contribution >= 0.6 is 0 Å². The van der Waals surface area contributed by atoms with Crippen LogP contribution in [0.25, 0.3) is 10.8 Å². The van der Waals surface area contributed by atoms with Crippen molar-refractivity contribution in [2.45, 2.75) is 6.92 Å². The normalized spacial score (nSPS) is 10.5. The molecule has 0 spiro atoms. The fourth-order valence-corrected chi connectivity index (χ4v) is 1.67. The third kappa shape index (κ3) is 1.56. The van der Waals surface area contributed by atoms with Crippen LogP contribution in [-0.4, -0.2) is 6.61 Å². The first-order valence-corrected chi connectivity index (χ1v) is 4.93. The summed E-state index contributed by atoms with van der Waals surface area (Å²) in [7, 11) is 0. The fourth-order valence-electron chi connectivity index (χ4n) is 1.67. The number of hydrogen-bond donors (Lipinski definition) is 2. The number of hydrogen-bond acceptors (Lipinski definition) is 3. The van der Waals surface area contributed by atoms with Crippen LogP contribution in [0.15, 0.2) is 30.3 Å². The summed E-state index contributed by atoms with van der Waals surface area (Å²) in [6.07, 6.45) is 0. The number of benzene rings is 2. The molecule has 78 valence electrons. The van der Waals surface area contributed by atoms with E-state index in [9.17, 15) is 0 Å². The molecule has 3 nitrogen and oxygen atoms in total. The summed E-state index contributed by atoms with van der Waals surface area (Å²) in [5.74, 6) is 0.661. The van der Waals surface area contributed by atoms with E-state index < -0.39 is 0 Å². The van der Waals surface area contributed by atoms with Crippen LogP contribution in [0.5, 0.6) is 5.75 Å². The molecule has 0 aliphatic carbocycles. The van der Waals surface area contributed by atoms with Crippen LogP contribution in [0, 0.1) is 0 Å². The maximum absolute atomic E-state index is 5.99. The van der Waals surface area contributed by atoms with Gasteiger partial charge in [0.15, 0.2) is 0 Å². The Kier molecular flexibility index (Phi) is 2.37. The highest BCUT2D eigenvalue weighted by molar-refractivity contribution is 6.02. The molecular formula is C12H14N2O. The van der Waals surface area contributed by atoms with E-state index in [1.807, 2.05) is 31.2 Å². The summed E-state index contributed by atoms with van der Waals surface area (Å²) in [5, 5.41) is 1.92. The predicted molar refractivity (Wildman–Crippen MR) is 63.9 cm³/mol. The molecule has 0 saturated carbocycles. The molecule has 15 heavy (non-hydrogen) atoms. The first-order valence-electron chi connectivity index (χ1n) is 4.93. The Balaban J connectivity index is 2.72. The zero-order valence-electron chi connectivity index (χ0n) is 8.66.